The van der Waals surface area contributed by atoms with Crippen molar-refractivity contribution in [2.75, 3.05) is 18.4 Å². The van der Waals surface area contributed by atoms with Crippen LogP contribution in [0.2, 0.25) is 5.15 Å². The summed E-state index contributed by atoms with van der Waals surface area (Å²) in [6, 6.07) is 3.92. The molecule has 1 fully saturated rings. The number of halogens is 1. The van der Waals surface area contributed by atoms with E-state index in [1.54, 1.807) is 12.3 Å². The van der Waals surface area contributed by atoms with Gasteiger partial charge in [-0.25, -0.2) is 9.78 Å². The molecule has 0 aliphatic carbocycles. The highest BCUT2D eigenvalue weighted by atomic mass is 35.5. The quantitative estimate of drug-likeness (QED) is 0.839. The summed E-state index contributed by atoms with van der Waals surface area (Å²) in [4.78, 5) is 18.1. The van der Waals surface area contributed by atoms with E-state index in [1.165, 1.54) is 0 Å². The Morgan fingerprint density at radius 1 is 1.48 bits per heavy atom. The van der Waals surface area contributed by atoms with Gasteiger partial charge in [0.2, 0.25) is 0 Å². The summed E-state index contributed by atoms with van der Waals surface area (Å²) in [6.07, 6.45) is 3.60. The number of aromatic nitrogens is 1. The van der Waals surface area contributed by atoms with Gasteiger partial charge in [0.25, 0.3) is 0 Å². The third kappa shape index (κ3) is 5.57. The molecular formula is C17H26ClN3O2. The molecule has 5 nitrogen and oxygen atoms in total. The van der Waals surface area contributed by atoms with Crippen LogP contribution in [-0.2, 0) is 4.74 Å². The number of carbonyl (C=O) groups is 1. The molecule has 1 N–H and O–H groups in total. The van der Waals surface area contributed by atoms with E-state index in [0.717, 1.165) is 25.1 Å². The molecule has 0 aromatic carbocycles. The number of ether oxygens (including phenoxy) is 1. The molecule has 6 heteroatoms. The van der Waals surface area contributed by atoms with Gasteiger partial charge in [0.05, 0.1) is 11.9 Å². The first-order valence-corrected chi connectivity index (χ1v) is 8.48. The summed E-state index contributed by atoms with van der Waals surface area (Å²) in [5.74, 6) is 0.381. The normalized spacial score (nSPS) is 20.0. The Morgan fingerprint density at radius 3 is 2.83 bits per heavy atom. The van der Waals surface area contributed by atoms with Crippen LogP contribution in [-0.4, -0.2) is 40.7 Å². The Labute approximate surface area is 143 Å². The van der Waals surface area contributed by atoms with Crippen LogP contribution in [0.15, 0.2) is 18.3 Å². The van der Waals surface area contributed by atoms with Crippen molar-refractivity contribution in [2.45, 2.75) is 52.2 Å². The molecule has 23 heavy (non-hydrogen) atoms. The molecule has 2 atom stereocenters. The van der Waals surface area contributed by atoms with Crippen molar-refractivity contribution in [3.05, 3.63) is 23.5 Å². The van der Waals surface area contributed by atoms with Crippen LogP contribution in [0.1, 0.15) is 40.5 Å². The van der Waals surface area contributed by atoms with Crippen LogP contribution in [0.3, 0.4) is 0 Å². The average Bonchev–Trinajstić information content (AvgIpc) is 2.48. The molecule has 0 bridgehead atoms. The molecule has 1 saturated heterocycles. The number of carbonyl (C=O) groups excluding carboxylic acids is 1. The summed E-state index contributed by atoms with van der Waals surface area (Å²) < 4.78 is 5.48. The minimum absolute atomic E-state index is 0.220. The van der Waals surface area contributed by atoms with E-state index in [2.05, 4.69) is 17.2 Å². The number of piperidine rings is 1. The number of pyridine rings is 1. The summed E-state index contributed by atoms with van der Waals surface area (Å²) >= 11 is 5.81. The zero-order valence-corrected chi connectivity index (χ0v) is 15.1. The number of likely N-dealkylation sites (tertiary alicyclic amines) is 1. The third-order valence-electron chi connectivity index (χ3n) is 3.94. The van der Waals surface area contributed by atoms with Gasteiger partial charge in [-0.2, -0.15) is 0 Å². The highest BCUT2D eigenvalue weighted by molar-refractivity contribution is 6.29. The maximum absolute atomic E-state index is 12.2. The lowest BCUT2D eigenvalue weighted by Crippen LogP contribution is -2.46. The predicted molar refractivity (Wildman–Crippen MR) is 92.9 cm³/mol. The van der Waals surface area contributed by atoms with Crippen molar-refractivity contribution < 1.29 is 9.53 Å². The van der Waals surface area contributed by atoms with Gasteiger partial charge in [0.1, 0.15) is 10.8 Å². The van der Waals surface area contributed by atoms with Crippen molar-refractivity contribution in [3.8, 4) is 0 Å². The Morgan fingerprint density at radius 2 is 2.22 bits per heavy atom. The largest absolute Gasteiger partial charge is 0.444 e. The van der Waals surface area contributed by atoms with Crippen LogP contribution in [0.25, 0.3) is 0 Å². The maximum Gasteiger partial charge on any atom is 0.410 e. The first kappa shape index (κ1) is 17.9. The number of nitrogens with zero attached hydrogens (tertiary/aromatic N) is 2. The second-order valence-electron chi connectivity index (χ2n) is 7.13. The van der Waals surface area contributed by atoms with E-state index in [9.17, 15) is 4.79 Å². The molecule has 128 valence electrons. The lowest BCUT2D eigenvalue weighted by atomic mass is 9.91. The van der Waals surface area contributed by atoms with Crippen LogP contribution < -0.4 is 5.32 Å². The minimum atomic E-state index is -0.455. The van der Waals surface area contributed by atoms with E-state index in [4.69, 9.17) is 16.3 Å². The summed E-state index contributed by atoms with van der Waals surface area (Å²) in [5.41, 5.74) is 0.486. The van der Waals surface area contributed by atoms with Gasteiger partial charge in [-0.1, -0.05) is 11.6 Å². The van der Waals surface area contributed by atoms with Crippen molar-refractivity contribution in [3.63, 3.8) is 0 Å². The van der Waals surface area contributed by atoms with E-state index >= 15 is 0 Å². The predicted octanol–water partition coefficient (Wildman–Crippen LogP) is 4.18. The van der Waals surface area contributed by atoms with E-state index < -0.39 is 5.60 Å². The average molecular weight is 340 g/mol. The molecule has 1 aliphatic rings. The highest BCUT2D eigenvalue weighted by Gasteiger charge is 2.30. The molecule has 0 saturated carbocycles. The summed E-state index contributed by atoms with van der Waals surface area (Å²) in [5, 5.41) is 3.93. The number of anilines is 1. The van der Waals surface area contributed by atoms with Crippen molar-refractivity contribution in [2.24, 2.45) is 5.92 Å². The molecule has 1 aromatic rings. The second-order valence-corrected chi connectivity index (χ2v) is 7.52. The monoisotopic (exact) mass is 339 g/mol. The van der Waals surface area contributed by atoms with Gasteiger partial charge >= 0.3 is 6.09 Å². The molecule has 2 rings (SSSR count). The van der Waals surface area contributed by atoms with Crippen molar-refractivity contribution >= 4 is 23.4 Å². The number of nitrogens with one attached hydrogen (secondary N) is 1. The van der Waals surface area contributed by atoms with Crippen molar-refractivity contribution in [1.29, 1.82) is 0 Å². The molecular weight excluding hydrogens is 314 g/mol. The maximum atomic E-state index is 12.2. The Balaban J connectivity index is 1.92. The molecule has 0 spiro atoms. The van der Waals surface area contributed by atoms with Gasteiger partial charge in [0.15, 0.2) is 0 Å². The minimum Gasteiger partial charge on any atom is -0.444 e. The zero-order chi connectivity index (χ0) is 17.0. The van der Waals surface area contributed by atoms with Gasteiger partial charge in [-0.05, 0) is 58.6 Å². The molecule has 2 unspecified atom stereocenters. The van der Waals surface area contributed by atoms with Gasteiger partial charge in [-0.3, -0.25) is 0 Å². The number of hydrogen-bond donors (Lipinski definition) is 1. The highest BCUT2D eigenvalue weighted by Crippen LogP contribution is 2.24. The molecule has 0 radical (unpaired) electrons. The molecule has 1 aliphatic heterocycles. The number of rotatable bonds is 3. The fraction of sp³-hybridized carbons (Fsp3) is 0.647. The van der Waals surface area contributed by atoms with Crippen molar-refractivity contribution in [1.82, 2.24) is 9.88 Å². The SMILES string of the molecule is CC(Nc1ccc(Cl)nc1)C1CCCN(C(=O)OC(C)(C)C)C1. The lowest BCUT2D eigenvalue weighted by molar-refractivity contribution is 0.0159. The number of hydrogen-bond acceptors (Lipinski definition) is 4. The van der Waals surface area contributed by atoms with Gasteiger partial charge in [0, 0.05) is 19.1 Å². The van der Waals surface area contributed by atoms with E-state index in [0.29, 0.717) is 17.6 Å². The van der Waals surface area contributed by atoms with Gasteiger partial charge < -0.3 is 15.0 Å². The lowest BCUT2D eigenvalue weighted by Gasteiger charge is -2.37. The third-order valence-corrected chi connectivity index (χ3v) is 4.16. The summed E-state index contributed by atoms with van der Waals surface area (Å²) in [6.45, 7) is 9.29. The second kappa shape index (κ2) is 7.39. The van der Waals surface area contributed by atoms with E-state index in [1.807, 2.05) is 31.7 Å². The van der Waals surface area contributed by atoms with Crippen LogP contribution in [0, 0.1) is 5.92 Å². The van der Waals surface area contributed by atoms with Crippen LogP contribution >= 0.6 is 11.6 Å². The molecule has 1 amide bonds. The Bertz CT molecular complexity index is 528. The molecule has 2 heterocycles. The molecule has 1 aromatic heterocycles. The zero-order valence-electron chi connectivity index (χ0n) is 14.3. The first-order chi connectivity index (χ1) is 10.7. The van der Waals surface area contributed by atoms with Crippen LogP contribution in [0.4, 0.5) is 10.5 Å². The summed E-state index contributed by atoms with van der Waals surface area (Å²) in [7, 11) is 0. The Kier molecular flexibility index (Phi) is 5.74. The smallest absolute Gasteiger partial charge is 0.410 e. The van der Waals surface area contributed by atoms with E-state index in [-0.39, 0.29) is 12.1 Å². The number of amides is 1. The fourth-order valence-electron chi connectivity index (χ4n) is 2.75. The van der Waals surface area contributed by atoms with Crippen LogP contribution in [0.5, 0.6) is 0 Å². The fourth-order valence-corrected chi connectivity index (χ4v) is 2.86. The standard InChI is InChI=1S/C17H26ClN3O2/c1-12(20-14-7-8-15(18)19-10-14)13-6-5-9-21(11-13)16(22)23-17(2,3)4/h7-8,10,12-13,20H,5-6,9,11H2,1-4H3. The topological polar surface area (TPSA) is 54.5 Å². The first-order valence-electron chi connectivity index (χ1n) is 8.10. The van der Waals surface area contributed by atoms with Gasteiger partial charge in [-0.15, -0.1) is 0 Å². The Hall–Kier alpha value is -1.49.